The highest BCUT2D eigenvalue weighted by atomic mass is 35.5. The fourth-order valence-corrected chi connectivity index (χ4v) is 5.76. The molecular weight excluding hydrogens is 431 g/mol. The Hall–Kier alpha value is -1.60. The molecule has 0 radical (unpaired) electrons. The highest BCUT2D eigenvalue weighted by molar-refractivity contribution is 7.88. The number of carbonyl (C=O) groups is 1. The number of nitrogens with one attached hydrogen (secondary N) is 1. The molecule has 0 aliphatic carbocycles. The van der Waals surface area contributed by atoms with Crippen LogP contribution in [0.25, 0.3) is 0 Å². The Morgan fingerprint density at radius 3 is 2.34 bits per heavy atom. The minimum Gasteiger partial charge on any atom is -0.326 e. The smallest absolute Gasteiger partial charge is 0.227 e. The fraction of sp³-hybridized carbons (Fsp3) is 0.381. The van der Waals surface area contributed by atoms with Gasteiger partial charge in [-0.1, -0.05) is 41.4 Å². The summed E-state index contributed by atoms with van der Waals surface area (Å²) in [5.41, 5.74) is 3.29. The van der Waals surface area contributed by atoms with Gasteiger partial charge in [-0.05, 0) is 56.0 Å². The van der Waals surface area contributed by atoms with E-state index >= 15 is 0 Å². The first-order chi connectivity index (χ1) is 13.7. The molecule has 0 aromatic heterocycles. The van der Waals surface area contributed by atoms with Gasteiger partial charge in [-0.25, -0.2) is 12.7 Å². The predicted molar refractivity (Wildman–Crippen MR) is 118 cm³/mol. The number of piperidine rings is 1. The summed E-state index contributed by atoms with van der Waals surface area (Å²) in [7, 11) is -3.57. The Balaban J connectivity index is 1.62. The zero-order chi connectivity index (χ0) is 21.2. The Morgan fingerprint density at radius 2 is 1.72 bits per heavy atom. The quantitative estimate of drug-likeness (QED) is 0.705. The number of hydrogen-bond donors (Lipinski definition) is 1. The summed E-state index contributed by atoms with van der Waals surface area (Å²) < 4.78 is 27.1. The van der Waals surface area contributed by atoms with Crippen molar-refractivity contribution in [3.63, 3.8) is 0 Å². The summed E-state index contributed by atoms with van der Waals surface area (Å²) in [6.45, 7) is 4.53. The highest BCUT2D eigenvalue weighted by Crippen LogP contribution is 2.29. The van der Waals surface area contributed by atoms with Crippen molar-refractivity contribution in [2.75, 3.05) is 18.4 Å². The molecule has 1 saturated heterocycles. The molecule has 1 aliphatic heterocycles. The molecule has 0 spiro atoms. The van der Waals surface area contributed by atoms with Gasteiger partial charge in [0.1, 0.15) is 0 Å². The molecule has 0 atom stereocenters. The van der Waals surface area contributed by atoms with Crippen LogP contribution < -0.4 is 5.32 Å². The van der Waals surface area contributed by atoms with Crippen LogP contribution in [-0.4, -0.2) is 31.7 Å². The van der Waals surface area contributed by atoms with Gasteiger partial charge in [0.15, 0.2) is 0 Å². The minimum atomic E-state index is -3.57. The van der Waals surface area contributed by atoms with E-state index in [0.717, 1.165) is 16.8 Å². The number of sulfonamides is 1. The first-order valence-corrected chi connectivity index (χ1v) is 11.8. The standard InChI is InChI=1S/C21H24Cl2N2O3S/c1-14-6-7-15(2)20(12-14)24-21(26)16-8-10-25(11-9-16)29(27,28)13-17-18(22)4-3-5-19(17)23/h3-7,12,16H,8-11,13H2,1-2H3,(H,24,26). The summed E-state index contributed by atoms with van der Waals surface area (Å²) in [6, 6.07) is 10.9. The van der Waals surface area contributed by atoms with Crippen LogP contribution in [0.2, 0.25) is 10.0 Å². The predicted octanol–water partition coefficient (Wildman–Crippen LogP) is 4.79. The van der Waals surface area contributed by atoms with Crippen LogP contribution in [0, 0.1) is 19.8 Å². The Morgan fingerprint density at radius 1 is 1.10 bits per heavy atom. The molecule has 0 bridgehead atoms. The Kier molecular flexibility index (Phi) is 6.89. The van der Waals surface area contributed by atoms with Crippen LogP contribution in [0.5, 0.6) is 0 Å². The van der Waals surface area contributed by atoms with E-state index in [2.05, 4.69) is 5.32 Å². The van der Waals surface area contributed by atoms with Crippen LogP contribution in [0.1, 0.15) is 29.5 Å². The van der Waals surface area contributed by atoms with E-state index in [-0.39, 0.29) is 17.6 Å². The molecule has 1 heterocycles. The van der Waals surface area contributed by atoms with Crippen molar-refractivity contribution in [3.05, 3.63) is 63.1 Å². The van der Waals surface area contributed by atoms with Gasteiger partial charge in [0.25, 0.3) is 0 Å². The molecule has 1 fully saturated rings. The lowest BCUT2D eigenvalue weighted by atomic mass is 9.97. The van der Waals surface area contributed by atoms with Gasteiger partial charge >= 0.3 is 0 Å². The Bertz CT molecular complexity index is 996. The van der Waals surface area contributed by atoms with E-state index in [1.165, 1.54) is 4.31 Å². The number of hydrogen-bond acceptors (Lipinski definition) is 3. The first kappa shape index (κ1) is 22.1. The number of rotatable bonds is 5. The molecule has 156 valence electrons. The second-order valence-corrected chi connectivity index (χ2v) is 10.2. The molecule has 0 saturated carbocycles. The van der Waals surface area contributed by atoms with Crippen molar-refractivity contribution in [1.29, 1.82) is 0 Å². The van der Waals surface area contributed by atoms with Gasteiger partial charge < -0.3 is 5.32 Å². The number of carbonyl (C=O) groups excluding carboxylic acids is 1. The normalized spacial score (nSPS) is 16.0. The number of anilines is 1. The third kappa shape index (κ3) is 5.31. The van der Waals surface area contributed by atoms with Crippen LogP contribution >= 0.6 is 23.2 Å². The largest absolute Gasteiger partial charge is 0.326 e. The summed E-state index contributed by atoms with van der Waals surface area (Å²) in [5, 5.41) is 3.66. The van der Waals surface area contributed by atoms with Gasteiger partial charge in [-0.15, -0.1) is 0 Å². The van der Waals surface area contributed by atoms with Crippen molar-refractivity contribution in [3.8, 4) is 0 Å². The fourth-order valence-electron chi connectivity index (χ4n) is 3.45. The SMILES string of the molecule is Cc1ccc(C)c(NC(=O)C2CCN(S(=O)(=O)Cc3c(Cl)cccc3Cl)CC2)c1. The number of benzene rings is 2. The molecule has 8 heteroatoms. The lowest BCUT2D eigenvalue weighted by Crippen LogP contribution is -2.42. The molecule has 29 heavy (non-hydrogen) atoms. The molecule has 3 rings (SSSR count). The van der Waals surface area contributed by atoms with Crippen LogP contribution in [0.4, 0.5) is 5.69 Å². The van der Waals surface area contributed by atoms with Crippen molar-refractivity contribution in [2.45, 2.75) is 32.4 Å². The molecule has 1 aliphatic rings. The summed E-state index contributed by atoms with van der Waals surface area (Å²) in [6.07, 6.45) is 0.957. The monoisotopic (exact) mass is 454 g/mol. The summed E-state index contributed by atoms with van der Waals surface area (Å²) >= 11 is 12.2. The van der Waals surface area contributed by atoms with Gasteiger partial charge in [0, 0.05) is 40.3 Å². The zero-order valence-electron chi connectivity index (χ0n) is 16.4. The minimum absolute atomic E-state index is 0.0649. The van der Waals surface area contributed by atoms with E-state index < -0.39 is 10.0 Å². The maximum absolute atomic E-state index is 12.8. The highest BCUT2D eigenvalue weighted by Gasteiger charge is 2.32. The topological polar surface area (TPSA) is 66.5 Å². The van der Waals surface area contributed by atoms with Crippen molar-refractivity contribution >= 4 is 44.8 Å². The zero-order valence-corrected chi connectivity index (χ0v) is 18.7. The van der Waals surface area contributed by atoms with Crippen molar-refractivity contribution in [1.82, 2.24) is 4.31 Å². The molecule has 2 aromatic carbocycles. The van der Waals surface area contributed by atoms with Crippen LogP contribution in [0.15, 0.2) is 36.4 Å². The molecular formula is C21H24Cl2N2O3S. The van der Waals surface area contributed by atoms with E-state index in [1.54, 1.807) is 18.2 Å². The average Bonchev–Trinajstić information content (AvgIpc) is 2.68. The lowest BCUT2D eigenvalue weighted by Gasteiger charge is -2.31. The van der Waals surface area contributed by atoms with Crippen LogP contribution in [-0.2, 0) is 20.6 Å². The first-order valence-electron chi connectivity index (χ1n) is 9.46. The molecule has 1 amide bonds. The van der Waals surface area contributed by atoms with Gasteiger partial charge in [-0.2, -0.15) is 0 Å². The van der Waals surface area contributed by atoms with E-state index in [1.807, 2.05) is 32.0 Å². The second-order valence-electron chi connectivity index (χ2n) is 7.44. The number of nitrogens with zero attached hydrogens (tertiary/aromatic N) is 1. The van der Waals surface area contributed by atoms with Crippen LogP contribution in [0.3, 0.4) is 0 Å². The third-order valence-electron chi connectivity index (χ3n) is 5.26. The second kappa shape index (κ2) is 9.04. The summed E-state index contributed by atoms with van der Waals surface area (Å²) in [5.74, 6) is -0.527. The maximum atomic E-state index is 12.8. The number of aryl methyl sites for hydroxylation is 2. The van der Waals surface area contributed by atoms with E-state index in [0.29, 0.717) is 41.5 Å². The summed E-state index contributed by atoms with van der Waals surface area (Å²) in [4.78, 5) is 12.7. The van der Waals surface area contributed by atoms with Crippen molar-refractivity contribution in [2.24, 2.45) is 5.92 Å². The van der Waals surface area contributed by atoms with E-state index in [9.17, 15) is 13.2 Å². The Labute approximate surface area is 182 Å². The van der Waals surface area contributed by atoms with Crippen molar-refractivity contribution < 1.29 is 13.2 Å². The molecule has 2 aromatic rings. The van der Waals surface area contributed by atoms with Gasteiger partial charge in [0.2, 0.25) is 15.9 Å². The lowest BCUT2D eigenvalue weighted by molar-refractivity contribution is -0.120. The number of amides is 1. The maximum Gasteiger partial charge on any atom is 0.227 e. The molecule has 0 unspecified atom stereocenters. The number of halogens is 2. The average molecular weight is 455 g/mol. The molecule has 5 nitrogen and oxygen atoms in total. The van der Waals surface area contributed by atoms with Gasteiger partial charge in [-0.3, -0.25) is 4.79 Å². The van der Waals surface area contributed by atoms with Gasteiger partial charge in [0.05, 0.1) is 5.75 Å². The van der Waals surface area contributed by atoms with E-state index in [4.69, 9.17) is 23.2 Å². The molecule has 1 N–H and O–H groups in total. The third-order valence-corrected chi connectivity index (χ3v) is 7.77.